The molecular formula is C13H21NO2S. The first-order valence-corrected chi connectivity index (χ1v) is 7.93. The Kier molecular flexibility index (Phi) is 5.15. The first-order valence-electron chi connectivity index (χ1n) is 5.87. The second-order valence-electron chi connectivity index (χ2n) is 4.54. The number of aryl methyl sites for hydroxylation is 1. The number of rotatable bonds is 6. The van der Waals surface area contributed by atoms with Gasteiger partial charge in [0.25, 0.3) is 0 Å². The van der Waals surface area contributed by atoms with Crippen LogP contribution in [0.5, 0.6) is 0 Å². The van der Waals surface area contributed by atoms with Crippen molar-refractivity contribution in [3.8, 4) is 0 Å². The highest BCUT2D eigenvalue weighted by atomic mass is 32.2. The molecule has 0 heterocycles. The Hall–Kier alpha value is -0.870. The van der Waals surface area contributed by atoms with Gasteiger partial charge in [-0.1, -0.05) is 36.8 Å². The van der Waals surface area contributed by atoms with Gasteiger partial charge in [0, 0.05) is 12.3 Å². The normalized spacial score (nSPS) is 13.6. The molecule has 96 valence electrons. The van der Waals surface area contributed by atoms with Crippen LogP contribution in [-0.4, -0.2) is 33.0 Å². The summed E-state index contributed by atoms with van der Waals surface area (Å²) < 4.78 is 22.6. The van der Waals surface area contributed by atoms with E-state index in [1.807, 2.05) is 13.8 Å². The predicted molar refractivity (Wildman–Crippen MR) is 72.1 cm³/mol. The molecule has 0 saturated heterocycles. The Labute approximate surface area is 104 Å². The van der Waals surface area contributed by atoms with E-state index in [0.717, 1.165) is 13.0 Å². The second kappa shape index (κ2) is 6.17. The van der Waals surface area contributed by atoms with Gasteiger partial charge >= 0.3 is 0 Å². The van der Waals surface area contributed by atoms with Crippen LogP contribution in [0.15, 0.2) is 24.3 Å². The van der Waals surface area contributed by atoms with E-state index in [1.54, 1.807) is 0 Å². The Morgan fingerprint density at radius 1 is 1.24 bits per heavy atom. The van der Waals surface area contributed by atoms with Crippen LogP contribution in [0.3, 0.4) is 0 Å². The van der Waals surface area contributed by atoms with E-state index in [4.69, 9.17) is 0 Å². The number of sulfone groups is 1. The molecule has 17 heavy (non-hydrogen) atoms. The van der Waals surface area contributed by atoms with Crippen LogP contribution in [0.2, 0.25) is 0 Å². The van der Waals surface area contributed by atoms with Crippen molar-refractivity contribution in [3.63, 3.8) is 0 Å². The maximum absolute atomic E-state index is 11.3. The maximum atomic E-state index is 11.3. The summed E-state index contributed by atoms with van der Waals surface area (Å²) in [5.41, 5.74) is 2.39. The fourth-order valence-corrected chi connectivity index (χ4v) is 2.82. The summed E-state index contributed by atoms with van der Waals surface area (Å²) in [6, 6.07) is 8.22. The van der Waals surface area contributed by atoms with Crippen LogP contribution in [0, 0.1) is 6.92 Å². The maximum Gasteiger partial charge on any atom is 0.148 e. The molecule has 0 fully saturated rings. The molecule has 0 spiro atoms. The van der Waals surface area contributed by atoms with Crippen molar-refractivity contribution in [3.05, 3.63) is 35.4 Å². The van der Waals surface area contributed by atoms with Crippen molar-refractivity contribution in [2.45, 2.75) is 26.3 Å². The van der Waals surface area contributed by atoms with Crippen LogP contribution >= 0.6 is 0 Å². The molecule has 0 aliphatic carbocycles. The number of benzene rings is 1. The van der Waals surface area contributed by atoms with Gasteiger partial charge < -0.3 is 5.32 Å². The van der Waals surface area contributed by atoms with Crippen molar-refractivity contribution in [1.82, 2.24) is 5.32 Å². The zero-order valence-corrected chi connectivity index (χ0v) is 11.5. The summed E-state index contributed by atoms with van der Waals surface area (Å²) in [6.07, 6.45) is 2.04. The van der Waals surface area contributed by atoms with Gasteiger partial charge in [-0.2, -0.15) is 0 Å². The quantitative estimate of drug-likeness (QED) is 0.839. The van der Waals surface area contributed by atoms with E-state index in [2.05, 4.69) is 29.6 Å². The molecule has 1 N–H and O–H groups in total. The summed E-state index contributed by atoms with van der Waals surface area (Å²) >= 11 is 0. The molecule has 1 unspecified atom stereocenters. The summed E-state index contributed by atoms with van der Waals surface area (Å²) in [6.45, 7) is 4.82. The smallest absolute Gasteiger partial charge is 0.148 e. The van der Waals surface area contributed by atoms with Gasteiger partial charge in [-0.15, -0.1) is 0 Å². The van der Waals surface area contributed by atoms with Gasteiger partial charge in [0.05, 0.1) is 5.75 Å². The van der Waals surface area contributed by atoms with Crippen molar-refractivity contribution in [1.29, 1.82) is 0 Å². The third-order valence-corrected chi connectivity index (χ3v) is 3.61. The van der Waals surface area contributed by atoms with Gasteiger partial charge in [-0.25, -0.2) is 8.42 Å². The van der Waals surface area contributed by atoms with Crippen molar-refractivity contribution >= 4 is 9.84 Å². The molecule has 0 bridgehead atoms. The lowest BCUT2D eigenvalue weighted by atomic mass is 10.1. The number of nitrogens with one attached hydrogen (secondary N) is 1. The molecule has 1 aromatic rings. The first kappa shape index (κ1) is 14.2. The molecule has 4 heteroatoms. The molecule has 0 amide bonds. The fourth-order valence-electron chi connectivity index (χ4n) is 1.85. The fraction of sp³-hybridized carbons (Fsp3) is 0.538. The average Bonchev–Trinajstić information content (AvgIpc) is 2.19. The SMILES string of the molecule is CCNC(Cc1ccc(C)cc1)CS(C)(=O)=O. The minimum atomic E-state index is -2.94. The van der Waals surface area contributed by atoms with Crippen molar-refractivity contribution in [2.24, 2.45) is 0 Å². The van der Waals surface area contributed by atoms with Crippen LogP contribution < -0.4 is 5.32 Å². The molecule has 0 aliphatic heterocycles. The van der Waals surface area contributed by atoms with Gasteiger partial charge in [-0.3, -0.25) is 0 Å². The largest absolute Gasteiger partial charge is 0.313 e. The van der Waals surface area contributed by atoms with E-state index < -0.39 is 9.84 Å². The zero-order chi connectivity index (χ0) is 12.9. The van der Waals surface area contributed by atoms with Crippen LogP contribution in [0.1, 0.15) is 18.1 Å². The molecule has 0 radical (unpaired) electrons. The van der Waals surface area contributed by atoms with Crippen molar-refractivity contribution in [2.75, 3.05) is 18.6 Å². The number of hydrogen-bond acceptors (Lipinski definition) is 3. The topological polar surface area (TPSA) is 46.2 Å². The van der Waals surface area contributed by atoms with Gasteiger partial charge in [0.2, 0.25) is 0 Å². The molecule has 1 aromatic carbocycles. The van der Waals surface area contributed by atoms with Gasteiger partial charge in [-0.05, 0) is 25.5 Å². The Bertz CT molecular complexity index is 437. The summed E-state index contributed by atoms with van der Waals surface area (Å²) in [4.78, 5) is 0. The first-order chi connectivity index (χ1) is 7.90. The lowest BCUT2D eigenvalue weighted by Gasteiger charge is -2.17. The minimum Gasteiger partial charge on any atom is -0.313 e. The zero-order valence-electron chi connectivity index (χ0n) is 10.7. The monoisotopic (exact) mass is 255 g/mol. The number of likely N-dealkylation sites (N-methyl/N-ethyl adjacent to an activating group) is 1. The molecule has 0 saturated carbocycles. The van der Waals surface area contributed by atoms with E-state index in [9.17, 15) is 8.42 Å². The highest BCUT2D eigenvalue weighted by molar-refractivity contribution is 7.90. The van der Waals surface area contributed by atoms with Gasteiger partial charge in [0.15, 0.2) is 0 Å². The predicted octanol–water partition coefficient (Wildman–Crippen LogP) is 1.56. The van der Waals surface area contributed by atoms with E-state index in [1.165, 1.54) is 17.4 Å². The van der Waals surface area contributed by atoms with E-state index in [-0.39, 0.29) is 11.8 Å². The Morgan fingerprint density at radius 3 is 2.29 bits per heavy atom. The van der Waals surface area contributed by atoms with Gasteiger partial charge in [0.1, 0.15) is 9.84 Å². The molecule has 1 atom stereocenters. The summed E-state index contributed by atoms with van der Waals surface area (Å²) in [7, 11) is -2.94. The van der Waals surface area contributed by atoms with Crippen LogP contribution in [-0.2, 0) is 16.3 Å². The van der Waals surface area contributed by atoms with E-state index in [0.29, 0.717) is 0 Å². The second-order valence-corrected chi connectivity index (χ2v) is 6.72. The Morgan fingerprint density at radius 2 is 1.82 bits per heavy atom. The lowest BCUT2D eigenvalue weighted by Crippen LogP contribution is -2.37. The number of hydrogen-bond donors (Lipinski definition) is 1. The van der Waals surface area contributed by atoms with Crippen LogP contribution in [0.25, 0.3) is 0 Å². The molecule has 0 aliphatic rings. The van der Waals surface area contributed by atoms with Crippen molar-refractivity contribution < 1.29 is 8.42 Å². The third kappa shape index (κ3) is 5.84. The highest BCUT2D eigenvalue weighted by Crippen LogP contribution is 2.07. The van der Waals surface area contributed by atoms with E-state index >= 15 is 0 Å². The summed E-state index contributed by atoms with van der Waals surface area (Å²) in [5.74, 6) is 0.189. The Balaban J connectivity index is 2.69. The summed E-state index contributed by atoms with van der Waals surface area (Å²) in [5, 5.41) is 3.22. The molecule has 1 rings (SSSR count). The van der Waals surface area contributed by atoms with Crippen LogP contribution in [0.4, 0.5) is 0 Å². The molecular weight excluding hydrogens is 234 g/mol. The lowest BCUT2D eigenvalue weighted by molar-refractivity contribution is 0.545. The third-order valence-electron chi connectivity index (χ3n) is 2.60. The highest BCUT2D eigenvalue weighted by Gasteiger charge is 2.14. The minimum absolute atomic E-state index is 0.00212. The average molecular weight is 255 g/mol. The molecule has 0 aromatic heterocycles. The standard InChI is InChI=1S/C13H21NO2S/c1-4-14-13(10-17(3,15)16)9-12-7-5-11(2)6-8-12/h5-8,13-14H,4,9-10H2,1-3H3. The molecule has 3 nitrogen and oxygen atoms in total.